The molecular formula is C21H27F3N4O. The number of amides is 1. The number of benzene rings is 1. The topological polar surface area (TPSA) is 50.2 Å². The second-order valence-corrected chi connectivity index (χ2v) is 7.53. The number of nitrogens with one attached hydrogen (secondary N) is 1. The van der Waals surface area contributed by atoms with Gasteiger partial charge in [0.25, 0.3) is 0 Å². The number of hydrogen-bond acceptors (Lipinski definition) is 3. The van der Waals surface area contributed by atoms with Crippen molar-refractivity contribution in [2.45, 2.75) is 51.9 Å². The summed E-state index contributed by atoms with van der Waals surface area (Å²) in [5, 5.41) is 2.69. The van der Waals surface area contributed by atoms with Gasteiger partial charge in [0.05, 0.1) is 12.1 Å². The fourth-order valence-corrected chi connectivity index (χ4v) is 3.81. The maximum Gasteiger partial charge on any atom is 0.416 e. The van der Waals surface area contributed by atoms with Crippen molar-refractivity contribution in [3.8, 4) is 0 Å². The first-order valence-electron chi connectivity index (χ1n) is 10.0. The fraction of sp³-hybridized carbons (Fsp3) is 0.524. The van der Waals surface area contributed by atoms with Gasteiger partial charge in [-0.25, -0.2) is 4.98 Å². The number of likely N-dealkylation sites (tertiary alicyclic amines) is 1. The minimum Gasteiger partial charge on any atom is -0.334 e. The van der Waals surface area contributed by atoms with E-state index in [1.807, 2.05) is 12.4 Å². The number of aromatic nitrogens is 2. The standard InChI is InChI=1S/C21H27F3N4O/c1-2-28-13-11-25-19(28)15-27-12-3-4-16(14-27)5-10-20(29)26-18-8-6-17(7-9-18)21(22,23)24/h6-9,11,13,16H,2-5,10,12,14-15H2,1H3,(H,26,29). The maximum atomic E-state index is 12.6. The van der Waals surface area contributed by atoms with Gasteiger partial charge in [-0.2, -0.15) is 13.2 Å². The minimum absolute atomic E-state index is 0.164. The molecule has 0 radical (unpaired) electrons. The Morgan fingerprint density at radius 2 is 2.03 bits per heavy atom. The summed E-state index contributed by atoms with van der Waals surface area (Å²) in [6.07, 6.45) is 2.76. The minimum atomic E-state index is -4.37. The summed E-state index contributed by atoms with van der Waals surface area (Å²) in [4.78, 5) is 19.0. The molecule has 1 aromatic carbocycles. The van der Waals surface area contributed by atoms with E-state index in [0.29, 0.717) is 18.0 Å². The van der Waals surface area contributed by atoms with Crippen LogP contribution in [-0.4, -0.2) is 33.4 Å². The zero-order valence-electron chi connectivity index (χ0n) is 16.6. The van der Waals surface area contributed by atoms with E-state index >= 15 is 0 Å². The molecule has 2 heterocycles. The zero-order chi connectivity index (χ0) is 20.9. The van der Waals surface area contributed by atoms with Crippen molar-refractivity contribution in [2.24, 2.45) is 5.92 Å². The molecule has 0 spiro atoms. The van der Waals surface area contributed by atoms with Gasteiger partial charge in [-0.1, -0.05) is 0 Å². The average Bonchev–Trinajstić information content (AvgIpc) is 3.13. The van der Waals surface area contributed by atoms with Crippen molar-refractivity contribution in [1.29, 1.82) is 0 Å². The van der Waals surface area contributed by atoms with Gasteiger partial charge in [0.2, 0.25) is 5.91 Å². The highest BCUT2D eigenvalue weighted by molar-refractivity contribution is 5.90. The average molecular weight is 408 g/mol. The van der Waals surface area contributed by atoms with Gasteiger partial charge in [-0.15, -0.1) is 0 Å². The number of halogens is 3. The van der Waals surface area contributed by atoms with Gasteiger partial charge in [0.15, 0.2) is 0 Å². The van der Waals surface area contributed by atoms with Gasteiger partial charge >= 0.3 is 6.18 Å². The Balaban J connectivity index is 1.45. The van der Waals surface area contributed by atoms with E-state index < -0.39 is 11.7 Å². The third-order valence-corrected chi connectivity index (χ3v) is 5.39. The van der Waals surface area contributed by atoms with E-state index in [4.69, 9.17) is 0 Å². The molecule has 158 valence electrons. The number of piperidine rings is 1. The molecule has 0 aliphatic carbocycles. The van der Waals surface area contributed by atoms with Gasteiger partial charge in [-0.3, -0.25) is 9.69 Å². The number of nitrogens with zero attached hydrogens (tertiary/aromatic N) is 3. The second-order valence-electron chi connectivity index (χ2n) is 7.53. The molecular weight excluding hydrogens is 381 g/mol. The Labute approximate surface area is 168 Å². The Hall–Kier alpha value is -2.35. The third kappa shape index (κ3) is 6.06. The van der Waals surface area contributed by atoms with Crippen LogP contribution < -0.4 is 5.32 Å². The van der Waals surface area contributed by atoms with E-state index in [-0.39, 0.29) is 5.91 Å². The molecule has 1 aliphatic heterocycles. The number of alkyl halides is 3. The maximum absolute atomic E-state index is 12.6. The lowest BCUT2D eigenvalue weighted by Crippen LogP contribution is -2.36. The van der Waals surface area contributed by atoms with Crippen molar-refractivity contribution in [2.75, 3.05) is 18.4 Å². The van der Waals surface area contributed by atoms with Crippen LogP contribution in [-0.2, 0) is 24.1 Å². The second kappa shape index (κ2) is 9.43. The van der Waals surface area contributed by atoms with Crippen LogP contribution in [0, 0.1) is 5.92 Å². The predicted molar refractivity (Wildman–Crippen MR) is 105 cm³/mol. The molecule has 8 heteroatoms. The predicted octanol–water partition coefficient (Wildman–Crippen LogP) is 4.55. The fourth-order valence-electron chi connectivity index (χ4n) is 3.81. The Morgan fingerprint density at radius 3 is 2.72 bits per heavy atom. The Kier molecular flexibility index (Phi) is 6.95. The van der Waals surface area contributed by atoms with Gasteiger partial charge < -0.3 is 9.88 Å². The summed E-state index contributed by atoms with van der Waals surface area (Å²) < 4.78 is 40.0. The molecule has 1 N–H and O–H groups in total. The molecule has 3 rings (SSSR count). The number of anilines is 1. The first-order valence-corrected chi connectivity index (χ1v) is 10.0. The molecule has 2 aromatic rings. The van der Waals surface area contributed by atoms with Crippen LogP contribution >= 0.6 is 0 Å². The molecule has 1 aliphatic rings. The molecule has 1 aromatic heterocycles. The lowest BCUT2D eigenvalue weighted by atomic mass is 9.93. The first kappa shape index (κ1) is 21.4. The van der Waals surface area contributed by atoms with Crippen LogP contribution in [0.4, 0.5) is 18.9 Å². The van der Waals surface area contributed by atoms with E-state index in [9.17, 15) is 18.0 Å². The van der Waals surface area contributed by atoms with Gasteiger partial charge in [-0.05, 0) is 62.9 Å². The first-order chi connectivity index (χ1) is 13.8. The van der Waals surface area contributed by atoms with E-state index in [2.05, 4.69) is 26.7 Å². The summed E-state index contributed by atoms with van der Waals surface area (Å²) in [6, 6.07) is 4.54. The summed E-state index contributed by atoms with van der Waals surface area (Å²) in [5.74, 6) is 1.34. The number of imidazole rings is 1. The van der Waals surface area contributed by atoms with Crippen LogP contribution in [0.3, 0.4) is 0 Å². The molecule has 1 fully saturated rings. The number of carbonyl (C=O) groups is 1. The highest BCUT2D eigenvalue weighted by atomic mass is 19.4. The molecule has 5 nitrogen and oxygen atoms in total. The Morgan fingerprint density at radius 1 is 1.28 bits per heavy atom. The van der Waals surface area contributed by atoms with Gasteiger partial charge in [0.1, 0.15) is 5.82 Å². The zero-order valence-corrected chi connectivity index (χ0v) is 16.6. The van der Waals surface area contributed by atoms with Crippen molar-refractivity contribution in [3.63, 3.8) is 0 Å². The molecule has 1 amide bonds. The smallest absolute Gasteiger partial charge is 0.334 e. The highest BCUT2D eigenvalue weighted by Gasteiger charge is 2.30. The largest absolute Gasteiger partial charge is 0.416 e. The van der Waals surface area contributed by atoms with Crippen molar-refractivity contribution < 1.29 is 18.0 Å². The normalized spacial score (nSPS) is 18.0. The molecule has 1 saturated heterocycles. The molecule has 0 bridgehead atoms. The van der Waals surface area contributed by atoms with Crippen molar-refractivity contribution in [1.82, 2.24) is 14.5 Å². The summed E-state index contributed by atoms with van der Waals surface area (Å²) >= 11 is 0. The van der Waals surface area contributed by atoms with Crippen molar-refractivity contribution in [3.05, 3.63) is 48.0 Å². The SMILES string of the molecule is CCn1ccnc1CN1CCCC(CCC(=O)Nc2ccc(C(F)(F)F)cc2)C1. The summed E-state index contributed by atoms with van der Waals surface area (Å²) in [5.41, 5.74) is -0.332. The van der Waals surface area contributed by atoms with E-state index in [0.717, 1.165) is 63.4 Å². The summed E-state index contributed by atoms with van der Waals surface area (Å²) in [7, 11) is 0. The van der Waals surface area contributed by atoms with Crippen molar-refractivity contribution >= 4 is 11.6 Å². The number of rotatable bonds is 7. The van der Waals surface area contributed by atoms with Crippen LogP contribution in [0.2, 0.25) is 0 Å². The van der Waals surface area contributed by atoms with Crippen LogP contribution in [0.15, 0.2) is 36.7 Å². The highest BCUT2D eigenvalue weighted by Crippen LogP contribution is 2.30. The quantitative estimate of drug-likeness (QED) is 0.731. The molecule has 0 saturated carbocycles. The van der Waals surface area contributed by atoms with Crippen LogP contribution in [0.1, 0.15) is 44.0 Å². The Bertz CT molecular complexity index is 801. The van der Waals surface area contributed by atoms with Gasteiger partial charge in [0, 0.05) is 37.6 Å². The van der Waals surface area contributed by atoms with E-state index in [1.165, 1.54) is 12.1 Å². The molecule has 1 unspecified atom stereocenters. The van der Waals surface area contributed by atoms with Crippen LogP contribution in [0.5, 0.6) is 0 Å². The van der Waals surface area contributed by atoms with E-state index in [1.54, 1.807) is 0 Å². The molecule has 1 atom stereocenters. The monoisotopic (exact) mass is 408 g/mol. The third-order valence-electron chi connectivity index (χ3n) is 5.39. The lowest BCUT2D eigenvalue weighted by Gasteiger charge is -2.32. The number of aryl methyl sites for hydroxylation is 1. The number of carbonyl (C=O) groups excluding carboxylic acids is 1. The summed E-state index contributed by atoms with van der Waals surface area (Å²) in [6.45, 7) is 5.78. The lowest BCUT2D eigenvalue weighted by molar-refractivity contribution is -0.137. The van der Waals surface area contributed by atoms with Crippen LogP contribution in [0.25, 0.3) is 0 Å². The number of hydrogen-bond donors (Lipinski definition) is 1. The molecule has 29 heavy (non-hydrogen) atoms.